The van der Waals surface area contributed by atoms with E-state index in [0.717, 1.165) is 44.2 Å². The fraction of sp³-hybridized carbons (Fsp3) is 0. The zero-order valence-corrected chi connectivity index (χ0v) is 31.3. The number of fused-ring (bicyclic) bond motifs is 9. The van der Waals surface area contributed by atoms with Crippen LogP contribution in [0.25, 0.3) is 111 Å². The van der Waals surface area contributed by atoms with Gasteiger partial charge in [-0.2, -0.15) is 9.97 Å². The van der Waals surface area contributed by atoms with Crippen molar-refractivity contribution in [3.8, 4) is 45.5 Å². The molecule has 0 bridgehead atoms. The molecule has 0 aliphatic rings. The first kappa shape index (κ1) is 32.4. The average molecular weight is 740 g/mol. The SMILES string of the molecule is c1ccc(-c2nc(-c3ccccc3)nc(-n3c4ccccc4c4cc(-c5cc6cc7c8ccccc8n(-c8ccccc8)c7cc6c6ccccc56)ccc43)n2)cc1. The first-order valence-electron chi connectivity index (χ1n) is 19.6. The van der Waals surface area contributed by atoms with E-state index in [1.807, 2.05) is 60.7 Å². The minimum Gasteiger partial charge on any atom is -0.309 e. The largest absolute Gasteiger partial charge is 0.309 e. The summed E-state index contributed by atoms with van der Waals surface area (Å²) >= 11 is 0. The van der Waals surface area contributed by atoms with Gasteiger partial charge < -0.3 is 4.57 Å². The summed E-state index contributed by atoms with van der Waals surface area (Å²) in [6, 6.07) is 71.1. The van der Waals surface area contributed by atoms with Crippen molar-refractivity contribution < 1.29 is 0 Å². The molecule has 0 amide bonds. The van der Waals surface area contributed by atoms with Gasteiger partial charge in [0.2, 0.25) is 5.95 Å². The van der Waals surface area contributed by atoms with E-state index in [-0.39, 0.29) is 0 Å². The summed E-state index contributed by atoms with van der Waals surface area (Å²) in [7, 11) is 0. The molecule has 0 atom stereocenters. The Balaban J connectivity index is 1.09. The van der Waals surface area contributed by atoms with Crippen LogP contribution in [0.15, 0.2) is 200 Å². The van der Waals surface area contributed by atoms with Crippen LogP contribution in [0.3, 0.4) is 0 Å². The van der Waals surface area contributed by atoms with Crippen molar-refractivity contribution in [1.29, 1.82) is 0 Å². The maximum Gasteiger partial charge on any atom is 0.238 e. The topological polar surface area (TPSA) is 48.5 Å². The van der Waals surface area contributed by atoms with E-state index in [4.69, 9.17) is 15.0 Å². The molecule has 0 spiro atoms. The summed E-state index contributed by atoms with van der Waals surface area (Å²) in [4.78, 5) is 15.2. The number of hydrogen-bond acceptors (Lipinski definition) is 3. The van der Waals surface area contributed by atoms with Gasteiger partial charge in [-0.1, -0.05) is 146 Å². The van der Waals surface area contributed by atoms with Crippen LogP contribution in [0.1, 0.15) is 0 Å². The van der Waals surface area contributed by atoms with Gasteiger partial charge in [0.1, 0.15) is 0 Å². The molecule has 270 valence electrons. The highest BCUT2D eigenvalue weighted by atomic mass is 15.2. The average Bonchev–Trinajstić information content (AvgIpc) is 3.81. The third-order valence-electron chi connectivity index (χ3n) is 11.5. The number of hydrogen-bond donors (Lipinski definition) is 0. The maximum absolute atomic E-state index is 5.13. The molecule has 3 heterocycles. The fourth-order valence-electron chi connectivity index (χ4n) is 8.92. The molecule has 12 aromatic rings. The summed E-state index contributed by atoms with van der Waals surface area (Å²) in [5.41, 5.74) is 9.89. The summed E-state index contributed by atoms with van der Waals surface area (Å²) in [6.45, 7) is 0. The highest BCUT2D eigenvalue weighted by Gasteiger charge is 2.20. The third-order valence-corrected chi connectivity index (χ3v) is 11.5. The van der Waals surface area contributed by atoms with Crippen LogP contribution in [-0.2, 0) is 0 Å². The van der Waals surface area contributed by atoms with Crippen molar-refractivity contribution in [1.82, 2.24) is 24.1 Å². The number of nitrogens with zero attached hydrogens (tertiary/aromatic N) is 5. The number of benzene rings is 9. The molecule has 12 rings (SSSR count). The second-order valence-electron chi connectivity index (χ2n) is 14.8. The van der Waals surface area contributed by atoms with Gasteiger partial charge in [0.25, 0.3) is 0 Å². The van der Waals surface area contributed by atoms with E-state index in [0.29, 0.717) is 17.6 Å². The first-order chi connectivity index (χ1) is 28.8. The summed E-state index contributed by atoms with van der Waals surface area (Å²) in [5.74, 6) is 1.85. The van der Waals surface area contributed by atoms with Gasteiger partial charge in [-0.05, 0) is 87.3 Å². The molecule has 9 aromatic carbocycles. The molecule has 0 fully saturated rings. The second-order valence-corrected chi connectivity index (χ2v) is 14.8. The smallest absolute Gasteiger partial charge is 0.238 e. The Labute approximate surface area is 333 Å². The molecule has 5 heteroatoms. The normalized spacial score (nSPS) is 11.8. The second kappa shape index (κ2) is 12.8. The molecule has 0 aliphatic carbocycles. The van der Waals surface area contributed by atoms with Crippen LogP contribution in [0, 0.1) is 0 Å². The van der Waals surface area contributed by atoms with Gasteiger partial charge >= 0.3 is 0 Å². The highest BCUT2D eigenvalue weighted by Crippen LogP contribution is 2.42. The van der Waals surface area contributed by atoms with Crippen molar-refractivity contribution in [2.75, 3.05) is 0 Å². The van der Waals surface area contributed by atoms with Crippen LogP contribution in [0.4, 0.5) is 0 Å². The molecule has 0 N–H and O–H groups in total. The molecule has 0 radical (unpaired) electrons. The predicted octanol–water partition coefficient (Wildman–Crippen LogP) is 13.4. The molecule has 58 heavy (non-hydrogen) atoms. The highest BCUT2D eigenvalue weighted by molar-refractivity contribution is 6.21. The van der Waals surface area contributed by atoms with Gasteiger partial charge in [0.05, 0.1) is 22.1 Å². The molecular formula is C53H33N5. The monoisotopic (exact) mass is 739 g/mol. The van der Waals surface area contributed by atoms with Crippen molar-refractivity contribution in [2.45, 2.75) is 0 Å². The fourth-order valence-corrected chi connectivity index (χ4v) is 8.92. The van der Waals surface area contributed by atoms with Gasteiger partial charge in [0.15, 0.2) is 11.6 Å². The maximum atomic E-state index is 5.13. The number of rotatable bonds is 5. The van der Waals surface area contributed by atoms with E-state index in [2.05, 4.69) is 149 Å². The van der Waals surface area contributed by atoms with Crippen molar-refractivity contribution >= 4 is 65.2 Å². The van der Waals surface area contributed by atoms with E-state index >= 15 is 0 Å². The van der Waals surface area contributed by atoms with Crippen LogP contribution >= 0.6 is 0 Å². The Hall–Kier alpha value is -7.89. The Morgan fingerprint density at radius 2 is 0.810 bits per heavy atom. The molecule has 0 aliphatic heterocycles. The zero-order valence-electron chi connectivity index (χ0n) is 31.3. The lowest BCUT2D eigenvalue weighted by molar-refractivity contribution is 0.953. The van der Waals surface area contributed by atoms with Crippen LogP contribution in [0.2, 0.25) is 0 Å². The van der Waals surface area contributed by atoms with Crippen molar-refractivity contribution in [3.63, 3.8) is 0 Å². The van der Waals surface area contributed by atoms with E-state index in [9.17, 15) is 0 Å². The Kier molecular flexibility index (Phi) is 7.16. The quantitative estimate of drug-likeness (QED) is 0.165. The van der Waals surface area contributed by atoms with Crippen molar-refractivity contribution in [3.05, 3.63) is 200 Å². The third kappa shape index (κ3) is 5.00. The summed E-state index contributed by atoms with van der Waals surface area (Å²) < 4.78 is 4.58. The van der Waals surface area contributed by atoms with E-state index in [1.54, 1.807) is 0 Å². The van der Waals surface area contributed by atoms with E-state index < -0.39 is 0 Å². The molecule has 0 unspecified atom stereocenters. The molecule has 3 aromatic heterocycles. The predicted molar refractivity (Wildman–Crippen MR) is 240 cm³/mol. The summed E-state index contributed by atoms with van der Waals surface area (Å²) in [6.07, 6.45) is 0. The molecule has 5 nitrogen and oxygen atoms in total. The first-order valence-corrected chi connectivity index (χ1v) is 19.6. The minimum atomic E-state index is 0.585. The van der Waals surface area contributed by atoms with Crippen LogP contribution < -0.4 is 0 Å². The lowest BCUT2D eigenvalue weighted by atomic mass is 9.92. The molecular weight excluding hydrogens is 707 g/mol. The van der Waals surface area contributed by atoms with Gasteiger partial charge in [0, 0.05) is 38.4 Å². The standard InChI is InChI=1S/C53H33N5/c1-4-16-34(17-5-1)51-54-52(35-18-6-2-7-19-35)56-53(55-51)58-48-27-15-13-24-41(48)45-30-36(28-29-49(45)58)43-31-37-32-46-42-25-12-14-26-47(42)57(38-20-8-3-9-21-38)50(46)33-44(37)40-23-11-10-22-39(40)43/h1-33H. The Morgan fingerprint density at radius 1 is 0.293 bits per heavy atom. The lowest BCUT2D eigenvalue weighted by Crippen LogP contribution is -2.06. The van der Waals surface area contributed by atoms with Gasteiger partial charge in [-0.3, -0.25) is 4.57 Å². The molecule has 0 saturated heterocycles. The number of aromatic nitrogens is 5. The minimum absolute atomic E-state index is 0.585. The zero-order chi connectivity index (χ0) is 38.2. The van der Waals surface area contributed by atoms with Crippen LogP contribution in [-0.4, -0.2) is 24.1 Å². The van der Waals surface area contributed by atoms with Crippen molar-refractivity contribution in [2.24, 2.45) is 0 Å². The summed E-state index contributed by atoms with van der Waals surface area (Å²) in [5, 5.41) is 9.68. The van der Waals surface area contributed by atoms with Crippen LogP contribution in [0.5, 0.6) is 0 Å². The number of para-hydroxylation sites is 3. The Bertz CT molecular complexity index is 3490. The van der Waals surface area contributed by atoms with Gasteiger partial charge in [-0.25, -0.2) is 4.98 Å². The lowest BCUT2D eigenvalue weighted by Gasteiger charge is -2.13. The Morgan fingerprint density at radius 3 is 1.47 bits per heavy atom. The molecule has 0 saturated carbocycles. The van der Waals surface area contributed by atoms with Gasteiger partial charge in [-0.15, -0.1) is 0 Å². The van der Waals surface area contributed by atoms with E-state index in [1.165, 1.54) is 48.9 Å².